The predicted octanol–water partition coefficient (Wildman–Crippen LogP) is 3.94. The first-order chi connectivity index (χ1) is 15.6. The Morgan fingerprint density at radius 3 is 2.33 bits per heavy atom. The summed E-state index contributed by atoms with van der Waals surface area (Å²) in [7, 11) is 0. The number of benzene rings is 2. The molecule has 1 heterocycles. The monoisotopic (exact) mass is 474 g/mol. The first-order valence-corrected chi connectivity index (χ1v) is 9.69. The van der Waals surface area contributed by atoms with Crippen molar-refractivity contribution in [3.63, 3.8) is 0 Å². The van der Waals surface area contributed by atoms with Crippen molar-refractivity contribution in [3.05, 3.63) is 53.6 Å². The van der Waals surface area contributed by atoms with E-state index in [9.17, 15) is 31.5 Å². The van der Waals surface area contributed by atoms with Crippen molar-refractivity contribution in [2.24, 2.45) is 0 Å². The second kappa shape index (κ2) is 10.5. The van der Waals surface area contributed by atoms with Crippen LogP contribution in [0.4, 0.5) is 33.3 Å². The molecule has 33 heavy (non-hydrogen) atoms. The van der Waals surface area contributed by atoms with E-state index in [1.165, 1.54) is 18.2 Å². The first-order valence-electron chi connectivity index (χ1n) is 9.69. The number of carbonyl (C=O) groups excluding carboxylic acids is 2. The fourth-order valence-corrected chi connectivity index (χ4v) is 3.07. The molecule has 7 nitrogen and oxygen atoms in total. The average molecular weight is 474 g/mol. The molecule has 0 unspecified atom stereocenters. The van der Waals surface area contributed by atoms with Gasteiger partial charge < -0.3 is 24.4 Å². The number of carbonyl (C=O) groups is 2. The van der Waals surface area contributed by atoms with Gasteiger partial charge in [0.15, 0.2) is 6.61 Å². The summed E-state index contributed by atoms with van der Waals surface area (Å²) < 4.78 is 78.1. The average Bonchev–Trinajstić information content (AvgIpc) is 2.77. The van der Waals surface area contributed by atoms with Crippen molar-refractivity contribution in [2.45, 2.75) is 12.8 Å². The Hall–Kier alpha value is -3.41. The Morgan fingerprint density at radius 2 is 1.73 bits per heavy atom. The van der Waals surface area contributed by atoms with Gasteiger partial charge in [-0.3, -0.25) is 4.79 Å². The number of alkyl halides is 5. The van der Waals surface area contributed by atoms with Crippen LogP contribution < -0.4 is 15.0 Å². The van der Waals surface area contributed by atoms with Crippen LogP contribution in [0, 0.1) is 0 Å². The van der Waals surface area contributed by atoms with Crippen molar-refractivity contribution in [2.75, 3.05) is 43.1 Å². The minimum Gasteiger partial charge on any atom is -0.452 e. The minimum absolute atomic E-state index is 0.0301. The SMILES string of the molecule is O=C(COC(=O)c1ccc(OC(F)F)cc1)Nc1cc(C(F)(F)F)ccc1N1CCOCC1. The van der Waals surface area contributed by atoms with Crippen LogP contribution in [-0.4, -0.2) is 51.4 Å². The maximum absolute atomic E-state index is 13.2. The van der Waals surface area contributed by atoms with Crippen LogP contribution in [0.1, 0.15) is 15.9 Å². The van der Waals surface area contributed by atoms with E-state index in [2.05, 4.69) is 10.1 Å². The number of amides is 1. The van der Waals surface area contributed by atoms with Gasteiger partial charge in [-0.05, 0) is 42.5 Å². The van der Waals surface area contributed by atoms with Crippen LogP contribution in [0.15, 0.2) is 42.5 Å². The van der Waals surface area contributed by atoms with Gasteiger partial charge in [-0.1, -0.05) is 0 Å². The van der Waals surface area contributed by atoms with Crippen molar-refractivity contribution in [1.29, 1.82) is 0 Å². The Kier molecular flexibility index (Phi) is 7.69. The third-order valence-corrected chi connectivity index (χ3v) is 4.60. The standard InChI is InChI=1S/C21H19F5N2O5/c22-20(23)33-15-4-1-13(2-5-15)19(30)32-12-18(29)27-16-11-14(21(24,25)26)3-6-17(16)28-7-9-31-10-8-28/h1-6,11,20H,7-10,12H2,(H,27,29). The highest BCUT2D eigenvalue weighted by Crippen LogP contribution is 2.35. The fraction of sp³-hybridized carbons (Fsp3) is 0.333. The molecule has 0 spiro atoms. The lowest BCUT2D eigenvalue weighted by Gasteiger charge is -2.31. The molecular weight excluding hydrogens is 455 g/mol. The van der Waals surface area contributed by atoms with E-state index in [1.807, 2.05) is 0 Å². The smallest absolute Gasteiger partial charge is 0.416 e. The Bertz CT molecular complexity index is 976. The molecule has 3 rings (SSSR count). The van der Waals surface area contributed by atoms with Crippen LogP contribution >= 0.6 is 0 Å². The van der Waals surface area contributed by atoms with Gasteiger partial charge in [0.2, 0.25) is 0 Å². The van der Waals surface area contributed by atoms with Gasteiger partial charge in [-0.2, -0.15) is 22.0 Å². The predicted molar refractivity (Wildman–Crippen MR) is 106 cm³/mol. The van der Waals surface area contributed by atoms with Crippen molar-refractivity contribution in [3.8, 4) is 5.75 Å². The molecule has 0 aliphatic carbocycles. The van der Waals surface area contributed by atoms with E-state index in [-0.39, 0.29) is 17.0 Å². The number of hydrogen-bond donors (Lipinski definition) is 1. The summed E-state index contributed by atoms with van der Waals surface area (Å²) in [5.74, 6) is -1.94. The van der Waals surface area contributed by atoms with Crippen LogP contribution in [0.3, 0.4) is 0 Å². The summed E-state index contributed by atoms with van der Waals surface area (Å²) in [5.41, 5.74) is -0.683. The Balaban J connectivity index is 1.66. The van der Waals surface area contributed by atoms with Gasteiger partial charge in [-0.25, -0.2) is 4.79 Å². The molecule has 2 aromatic rings. The molecule has 1 saturated heterocycles. The molecule has 178 valence electrons. The molecule has 0 bridgehead atoms. The van der Waals surface area contributed by atoms with Crippen LogP contribution in [0.2, 0.25) is 0 Å². The lowest BCUT2D eigenvalue weighted by molar-refractivity contribution is -0.137. The molecule has 0 aromatic heterocycles. The molecule has 1 aliphatic heterocycles. The van der Waals surface area contributed by atoms with Crippen molar-refractivity contribution in [1.82, 2.24) is 0 Å². The first kappa shape index (κ1) is 24.2. The normalized spacial score (nSPS) is 14.2. The van der Waals surface area contributed by atoms with E-state index in [0.29, 0.717) is 32.0 Å². The summed E-state index contributed by atoms with van der Waals surface area (Å²) in [6, 6.07) is 7.58. The van der Waals surface area contributed by atoms with Crippen LogP contribution in [-0.2, 0) is 20.4 Å². The zero-order valence-electron chi connectivity index (χ0n) is 17.0. The van der Waals surface area contributed by atoms with E-state index in [4.69, 9.17) is 9.47 Å². The number of ether oxygens (including phenoxy) is 3. The van der Waals surface area contributed by atoms with Gasteiger partial charge in [-0.15, -0.1) is 0 Å². The number of halogens is 5. The molecule has 1 amide bonds. The maximum Gasteiger partial charge on any atom is 0.416 e. The minimum atomic E-state index is -4.62. The summed E-state index contributed by atoms with van der Waals surface area (Å²) in [4.78, 5) is 26.1. The number of nitrogens with zero attached hydrogens (tertiary/aromatic N) is 1. The summed E-state index contributed by atoms with van der Waals surface area (Å²) >= 11 is 0. The third kappa shape index (κ3) is 6.78. The molecule has 0 saturated carbocycles. The highest BCUT2D eigenvalue weighted by atomic mass is 19.4. The molecule has 1 aliphatic rings. The molecule has 1 N–H and O–H groups in total. The summed E-state index contributed by atoms with van der Waals surface area (Å²) in [6.45, 7) is -2.18. The number of hydrogen-bond acceptors (Lipinski definition) is 6. The Morgan fingerprint density at radius 1 is 1.06 bits per heavy atom. The van der Waals surface area contributed by atoms with Gasteiger partial charge in [0.1, 0.15) is 5.75 Å². The van der Waals surface area contributed by atoms with Crippen molar-refractivity contribution >= 4 is 23.3 Å². The van der Waals surface area contributed by atoms with Gasteiger partial charge >= 0.3 is 18.8 Å². The van der Waals surface area contributed by atoms with Crippen LogP contribution in [0.25, 0.3) is 0 Å². The summed E-state index contributed by atoms with van der Waals surface area (Å²) in [5, 5.41) is 2.36. The molecule has 0 atom stereocenters. The molecule has 12 heteroatoms. The van der Waals surface area contributed by atoms with E-state index in [1.54, 1.807) is 4.90 Å². The zero-order chi connectivity index (χ0) is 24.0. The topological polar surface area (TPSA) is 77.1 Å². The quantitative estimate of drug-likeness (QED) is 0.484. The van der Waals surface area contributed by atoms with E-state index < -0.39 is 36.8 Å². The molecule has 0 radical (unpaired) electrons. The number of esters is 1. The number of rotatable bonds is 7. The Labute approximate surface area is 185 Å². The number of nitrogens with one attached hydrogen (secondary N) is 1. The summed E-state index contributed by atoms with van der Waals surface area (Å²) in [6.07, 6.45) is -4.62. The molecule has 1 fully saturated rings. The number of morpholine rings is 1. The van der Waals surface area contributed by atoms with Crippen LogP contribution in [0.5, 0.6) is 5.75 Å². The van der Waals surface area contributed by atoms with Gasteiger partial charge in [0, 0.05) is 13.1 Å². The van der Waals surface area contributed by atoms with E-state index >= 15 is 0 Å². The van der Waals surface area contributed by atoms with Gasteiger partial charge in [0.25, 0.3) is 5.91 Å². The van der Waals surface area contributed by atoms with E-state index in [0.717, 1.165) is 24.3 Å². The number of anilines is 2. The lowest BCUT2D eigenvalue weighted by atomic mass is 10.1. The third-order valence-electron chi connectivity index (χ3n) is 4.60. The lowest BCUT2D eigenvalue weighted by Crippen LogP contribution is -2.37. The molecular formula is C21H19F5N2O5. The highest BCUT2D eigenvalue weighted by molar-refractivity contribution is 5.97. The second-order valence-electron chi connectivity index (χ2n) is 6.86. The maximum atomic E-state index is 13.2. The van der Waals surface area contributed by atoms with Crippen molar-refractivity contribution < 1.29 is 45.8 Å². The highest BCUT2D eigenvalue weighted by Gasteiger charge is 2.32. The second-order valence-corrected chi connectivity index (χ2v) is 6.86. The van der Waals surface area contributed by atoms with Gasteiger partial charge in [0.05, 0.1) is 35.7 Å². The molecule has 2 aromatic carbocycles. The largest absolute Gasteiger partial charge is 0.452 e. The fourth-order valence-electron chi connectivity index (χ4n) is 3.07. The zero-order valence-corrected chi connectivity index (χ0v) is 17.0.